The molecule has 1 aromatic carbocycles. The van der Waals surface area contributed by atoms with Crippen LogP contribution in [0.4, 0.5) is 11.5 Å². The maximum Gasteiger partial charge on any atom is 0.276 e. The minimum Gasteiger partial charge on any atom is -0.495 e. The highest BCUT2D eigenvalue weighted by Crippen LogP contribution is 2.27. The highest BCUT2D eigenvalue weighted by Gasteiger charge is 2.10. The molecule has 2 heterocycles. The lowest BCUT2D eigenvalue weighted by atomic mass is 10.1. The molecule has 2 aromatic heterocycles. The van der Waals surface area contributed by atoms with Crippen molar-refractivity contribution in [1.82, 2.24) is 15.2 Å². The van der Waals surface area contributed by atoms with Gasteiger partial charge in [-0.05, 0) is 24.3 Å². The van der Waals surface area contributed by atoms with Gasteiger partial charge in [-0.15, -0.1) is 21.5 Å². The first-order valence-electron chi connectivity index (χ1n) is 6.64. The Hall–Kier alpha value is -3.00. The molecule has 0 bridgehead atoms. The third-order valence-corrected chi connectivity index (χ3v) is 3.69. The number of nitrogen functional groups attached to an aromatic ring is 1. The van der Waals surface area contributed by atoms with E-state index in [1.54, 1.807) is 42.3 Å². The van der Waals surface area contributed by atoms with Gasteiger partial charge in [-0.3, -0.25) is 4.79 Å². The Morgan fingerprint density at radius 3 is 2.78 bits per heavy atom. The molecule has 23 heavy (non-hydrogen) atoms. The number of carbonyl (C=O) groups excluding carboxylic acids is 1. The lowest BCUT2D eigenvalue weighted by Gasteiger charge is -2.07. The molecule has 0 aliphatic carbocycles. The van der Waals surface area contributed by atoms with E-state index in [9.17, 15) is 4.79 Å². The Labute approximate surface area is 136 Å². The number of benzene rings is 1. The summed E-state index contributed by atoms with van der Waals surface area (Å²) >= 11 is 1.35. The van der Waals surface area contributed by atoms with Crippen LogP contribution in [0.3, 0.4) is 0 Å². The molecule has 3 N–H and O–H groups in total. The van der Waals surface area contributed by atoms with Crippen LogP contribution in [0.2, 0.25) is 0 Å². The Kier molecular flexibility index (Phi) is 4.15. The highest BCUT2D eigenvalue weighted by atomic mass is 32.1. The summed E-state index contributed by atoms with van der Waals surface area (Å²) in [5.41, 5.74) is 9.76. The largest absolute Gasteiger partial charge is 0.495 e. The fraction of sp³-hybridized carbons (Fsp3) is 0.0667. The van der Waals surface area contributed by atoms with E-state index in [1.807, 2.05) is 6.07 Å². The van der Waals surface area contributed by atoms with Crippen LogP contribution in [0, 0.1) is 0 Å². The molecule has 0 fully saturated rings. The molecule has 0 saturated heterocycles. The number of methoxy groups -OCH3 is 1. The van der Waals surface area contributed by atoms with Gasteiger partial charge < -0.3 is 15.8 Å². The van der Waals surface area contributed by atoms with Crippen molar-refractivity contribution in [3.05, 3.63) is 46.9 Å². The van der Waals surface area contributed by atoms with Crippen LogP contribution in [-0.2, 0) is 0 Å². The lowest BCUT2D eigenvalue weighted by molar-refractivity contribution is 0.102. The number of nitrogens with two attached hydrogens (primary N) is 1. The molecule has 3 aromatic rings. The summed E-state index contributed by atoms with van der Waals surface area (Å²) in [5.74, 6) is 0.613. The van der Waals surface area contributed by atoms with Crippen LogP contribution in [0.5, 0.6) is 5.75 Å². The smallest absolute Gasteiger partial charge is 0.276 e. The molecule has 8 heteroatoms. The van der Waals surface area contributed by atoms with Crippen molar-refractivity contribution in [2.45, 2.75) is 0 Å². The number of nitrogens with one attached hydrogen (secondary N) is 1. The molecule has 7 nitrogen and oxygen atoms in total. The molecular weight excluding hydrogens is 314 g/mol. The van der Waals surface area contributed by atoms with E-state index < -0.39 is 0 Å². The molecule has 0 spiro atoms. The van der Waals surface area contributed by atoms with Gasteiger partial charge in [0.15, 0.2) is 5.82 Å². The molecule has 0 radical (unpaired) electrons. The lowest BCUT2D eigenvalue weighted by Crippen LogP contribution is -2.13. The fourth-order valence-corrected chi connectivity index (χ4v) is 2.46. The zero-order valence-electron chi connectivity index (χ0n) is 12.2. The van der Waals surface area contributed by atoms with Gasteiger partial charge in [-0.25, -0.2) is 4.98 Å². The number of hydrogen-bond acceptors (Lipinski definition) is 7. The monoisotopic (exact) mass is 327 g/mol. The summed E-state index contributed by atoms with van der Waals surface area (Å²) in [4.78, 5) is 15.8. The number of amides is 1. The number of ether oxygens (including phenoxy) is 1. The maximum atomic E-state index is 11.9. The molecule has 0 aliphatic heterocycles. The van der Waals surface area contributed by atoms with Crippen molar-refractivity contribution < 1.29 is 9.53 Å². The fourth-order valence-electron chi connectivity index (χ4n) is 1.93. The normalized spacial score (nSPS) is 10.3. The Bertz CT molecular complexity index is 818. The van der Waals surface area contributed by atoms with Crippen LogP contribution in [-0.4, -0.2) is 28.2 Å². The standard InChI is InChI=1S/C15H13N5O2S/c1-22-13-6-9(2-3-10(13)16)11-4-5-14(20-19-11)18-15(21)12-7-23-8-17-12/h2-8H,16H2,1H3,(H,18,20,21). The summed E-state index contributed by atoms with van der Waals surface area (Å²) in [7, 11) is 1.55. The quantitative estimate of drug-likeness (QED) is 0.713. The Morgan fingerprint density at radius 2 is 2.13 bits per heavy atom. The van der Waals surface area contributed by atoms with Gasteiger partial charge >= 0.3 is 0 Å². The molecule has 0 unspecified atom stereocenters. The van der Waals surface area contributed by atoms with Gasteiger partial charge in [-0.2, -0.15) is 0 Å². The Morgan fingerprint density at radius 1 is 1.26 bits per heavy atom. The van der Waals surface area contributed by atoms with Crippen LogP contribution in [0.1, 0.15) is 10.5 Å². The number of carbonyl (C=O) groups is 1. The second-order valence-corrected chi connectivity index (χ2v) is 5.31. The average molecular weight is 327 g/mol. The van der Waals surface area contributed by atoms with Crippen molar-refractivity contribution in [2.24, 2.45) is 0 Å². The van der Waals surface area contributed by atoms with E-state index in [0.717, 1.165) is 5.56 Å². The van der Waals surface area contributed by atoms with Crippen LogP contribution in [0.25, 0.3) is 11.3 Å². The van der Waals surface area contributed by atoms with Crippen LogP contribution < -0.4 is 15.8 Å². The van der Waals surface area contributed by atoms with Crippen molar-refractivity contribution in [1.29, 1.82) is 0 Å². The number of hydrogen-bond donors (Lipinski definition) is 2. The number of thiazole rings is 1. The molecule has 3 rings (SSSR count). The van der Waals surface area contributed by atoms with E-state index in [-0.39, 0.29) is 5.91 Å². The molecule has 0 aliphatic rings. The molecule has 116 valence electrons. The van der Waals surface area contributed by atoms with E-state index in [1.165, 1.54) is 11.3 Å². The maximum absolute atomic E-state index is 11.9. The first kappa shape index (κ1) is 14.9. The molecule has 1 amide bonds. The van der Waals surface area contributed by atoms with E-state index >= 15 is 0 Å². The van der Waals surface area contributed by atoms with E-state index in [0.29, 0.717) is 28.6 Å². The van der Waals surface area contributed by atoms with Crippen molar-refractivity contribution >= 4 is 28.7 Å². The highest BCUT2D eigenvalue weighted by molar-refractivity contribution is 7.07. The third kappa shape index (κ3) is 3.27. The summed E-state index contributed by atoms with van der Waals surface area (Å²) < 4.78 is 5.19. The average Bonchev–Trinajstić information content (AvgIpc) is 3.11. The van der Waals surface area contributed by atoms with E-state index in [2.05, 4.69) is 20.5 Å². The second-order valence-electron chi connectivity index (χ2n) is 4.59. The minimum atomic E-state index is -0.317. The zero-order valence-corrected chi connectivity index (χ0v) is 13.0. The summed E-state index contributed by atoms with van der Waals surface area (Å²) in [6, 6.07) is 8.79. The predicted molar refractivity (Wildman–Crippen MR) is 88.5 cm³/mol. The molecule has 0 atom stereocenters. The number of nitrogens with zero attached hydrogens (tertiary/aromatic N) is 3. The van der Waals surface area contributed by atoms with Crippen LogP contribution >= 0.6 is 11.3 Å². The number of anilines is 2. The van der Waals surface area contributed by atoms with Gasteiger partial charge in [0.2, 0.25) is 0 Å². The Balaban J connectivity index is 1.78. The number of aromatic nitrogens is 3. The first-order chi connectivity index (χ1) is 11.2. The summed E-state index contributed by atoms with van der Waals surface area (Å²) in [5, 5.41) is 12.4. The van der Waals surface area contributed by atoms with Gasteiger partial charge in [-0.1, -0.05) is 6.07 Å². The topological polar surface area (TPSA) is 103 Å². The molecule has 0 saturated carbocycles. The van der Waals surface area contributed by atoms with Gasteiger partial charge in [0.05, 0.1) is 24.0 Å². The van der Waals surface area contributed by atoms with Gasteiger partial charge in [0.1, 0.15) is 11.4 Å². The first-order valence-corrected chi connectivity index (χ1v) is 7.59. The van der Waals surface area contributed by atoms with Gasteiger partial charge in [0.25, 0.3) is 5.91 Å². The van der Waals surface area contributed by atoms with Crippen molar-refractivity contribution in [3.63, 3.8) is 0 Å². The van der Waals surface area contributed by atoms with E-state index in [4.69, 9.17) is 10.5 Å². The SMILES string of the molecule is COc1cc(-c2ccc(NC(=O)c3cscn3)nn2)ccc1N. The van der Waals surface area contributed by atoms with Crippen molar-refractivity contribution in [2.75, 3.05) is 18.2 Å². The summed E-state index contributed by atoms with van der Waals surface area (Å²) in [6.45, 7) is 0. The van der Waals surface area contributed by atoms with Crippen LogP contribution in [0.15, 0.2) is 41.2 Å². The third-order valence-electron chi connectivity index (χ3n) is 3.10. The molecular formula is C15H13N5O2S. The summed E-state index contributed by atoms with van der Waals surface area (Å²) in [6.07, 6.45) is 0. The number of rotatable bonds is 4. The second kappa shape index (κ2) is 6.41. The van der Waals surface area contributed by atoms with Crippen molar-refractivity contribution in [3.8, 4) is 17.0 Å². The zero-order chi connectivity index (χ0) is 16.2. The minimum absolute atomic E-state index is 0.317. The predicted octanol–water partition coefficient (Wildman–Crippen LogP) is 2.44. The van der Waals surface area contributed by atoms with Gasteiger partial charge in [0, 0.05) is 10.9 Å².